The highest BCUT2D eigenvalue weighted by molar-refractivity contribution is 9.10. The van der Waals surface area contributed by atoms with E-state index in [-0.39, 0.29) is 0 Å². The Morgan fingerprint density at radius 3 is 2.95 bits per heavy atom. The van der Waals surface area contributed by atoms with Crippen LogP contribution < -0.4 is 4.90 Å². The van der Waals surface area contributed by atoms with E-state index in [4.69, 9.17) is 4.42 Å². The molecule has 3 rings (SSSR count). The first kappa shape index (κ1) is 12.4. The predicted molar refractivity (Wildman–Crippen MR) is 79.3 cm³/mol. The number of pyridine rings is 1. The molecule has 0 bridgehead atoms. The van der Waals surface area contributed by atoms with Crippen molar-refractivity contribution in [3.63, 3.8) is 0 Å². The summed E-state index contributed by atoms with van der Waals surface area (Å²) in [6.07, 6.45) is 7.63. The molecule has 0 aromatic carbocycles. The average Bonchev–Trinajstić information content (AvgIpc) is 3.07. The SMILES string of the molecule is Brc1cc(C=Nc2cccnc2)oc1N1CCCC1. The second-order valence-electron chi connectivity index (χ2n) is 4.47. The Bertz CT molecular complexity index is 574. The summed E-state index contributed by atoms with van der Waals surface area (Å²) >= 11 is 3.54. The lowest BCUT2D eigenvalue weighted by Gasteiger charge is -2.13. The lowest BCUT2D eigenvalue weighted by molar-refractivity contribution is 0.549. The fourth-order valence-corrected chi connectivity index (χ4v) is 2.70. The van der Waals surface area contributed by atoms with E-state index in [1.807, 2.05) is 18.2 Å². The molecule has 0 radical (unpaired) electrons. The Morgan fingerprint density at radius 2 is 2.21 bits per heavy atom. The van der Waals surface area contributed by atoms with Crippen molar-refractivity contribution in [2.75, 3.05) is 18.0 Å². The minimum atomic E-state index is 0.748. The van der Waals surface area contributed by atoms with E-state index in [0.717, 1.165) is 34.9 Å². The zero-order chi connectivity index (χ0) is 13.1. The summed E-state index contributed by atoms with van der Waals surface area (Å²) in [4.78, 5) is 10.6. The molecule has 2 aromatic heterocycles. The third-order valence-electron chi connectivity index (χ3n) is 3.07. The molecule has 5 heteroatoms. The number of hydrogen-bond donors (Lipinski definition) is 0. The van der Waals surface area contributed by atoms with Gasteiger partial charge in [0.2, 0.25) is 5.88 Å². The monoisotopic (exact) mass is 319 g/mol. The van der Waals surface area contributed by atoms with Gasteiger partial charge >= 0.3 is 0 Å². The van der Waals surface area contributed by atoms with Gasteiger partial charge in [-0.2, -0.15) is 0 Å². The highest BCUT2D eigenvalue weighted by atomic mass is 79.9. The third-order valence-corrected chi connectivity index (χ3v) is 3.64. The molecule has 0 spiro atoms. The van der Waals surface area contributed by atoms with Crippen LogP contribution in [0.1, 0.15) is 18.6 Å². The molecule has 0 unspecified atom stereocenters. The maximum Gasteiger partial charge on any atom is 0.210 e. The topological polar surface area (TPSA) is 41.6 Å². The zero-order valence-corrected chi connectivity index (χ0v) is 12.0. The molecule has 0 N–H and O–H groups in total. The van der Waals surface area contributed by atoms with Gasteiger partial charge in [0.15, 0.2) is 0 Å². The standard InChI is InChI=1S/C14H14BrN3O/c15-13-8-12(10-17-11-4-3-5-16-9-11)19-14(13)18-6-1-2-7-18/h3-5,8-10H,1-2,6-7H2. The van der Waals surface area contributed by atoms with Crippen LogP contribution in [-0.2, 0) is 0 Å². The Hall–Kier alpha value is -1.62. The van der Waals surface area contributed by atoms with Gasteiger partial charge < -0.3 is 9.32 Å². The number of hydrogen-bond acceptors (Lipinski definition) is 4. The molecule has 2 aromatic rings. The molecule has 1 aliphatic rings. The van der Waals surface area contributed by atoms with Gasteiger partial charge in [-0.3, -0.25) is 9.98 Å². The van der Waals surface area contributed by atoms with Gasteiger partial charge in [0.25, 0.3) is 0 Å². The number of anilines is 1. The summed E-state index contributed by atoms with van der Waals surface area (Å²) in [6, 6.07) is 5.72. The number of nitrogens with zero attached hydrogens (tertiary/aromatic N) is 3. The van der Waals surface area contributed by atoms with Crippen molar-refractivity contribution >= 4 is 33.7 Å². The van der Waals surface area contributed by atoms with Crippen molar-refractivity contribution in [3.8, 4) is 0 Å². The highest BCUT2D eigenvalue weighted by Gasteiger charge is 2.19. The maximum absolute atomic E-state index is 5.83. The molecule has 0 amide bonds. The molecule has 0 aliphatic carbocycles. The van der Waals surface area contributed by atoms with Crippen molar-refractivity contribution in [2.24, 2.45) is 4.99 Å². The molecule has 1 aliphatic heterocycles. The van der Waals surface area contributed by atoms with Crippen LogP contribution >= 0.6 is 15.9 Å². The molecule has 19 heavy (non-hydrogen) atoms. The van der Waals surface area contributed by atoms with Crippen molar-refractivity contribution in [1.29, 1.82) is 0 Å². The Labute approximate surface area is 120 Å². The summed E-state index contributed by atoms with van der Waals surface area (Å²) in [6.45, 7) is 2.12. The summed E-state index contributed by atoms with van der Waals surface area (Å²) in [5.74, 6) is 1.66. The summed E-state index contributed by atoms with van der Waals surface area (Å²) in [5, 5.41) is 0. The number of aromatic nitrogens is 1. The Kier molecular flexibility index (Phi) is 3.64. The Morgan fingerprint density at radius 1 is 1.37 bits per heavy atom. The van der Waals surface area contributed by atoms with Gasteiger partial charge in [-0.15, -0.1) is 0 Å². The van der Waals surface area contributed by atoms with E-state index in [0.29, 0.717) is 0 Å². The zero-order valence-electron chi connectivity index (χ0n) is 10.4. The van der Waals surface area contributed by atoms with Gasteiger partial charge in [0.1, 0.15) is 5.76 Å². The van der Waals surface area contributed by atoms with Crippen LogP contribution in [0.25, 0.3) is 0 Å². The quantitative estimate of drug-likeness (QED) is 0.808. The number of aliphatic imine (C=N–C) groups is 1. The van der Waals surface area contributed by atoms with Gasteiger partial charge in [-0.05, 0) is 40.9 Å². The summed E-state index contributed by atoms with van der Waals surface area (Å²) in [5.41, 5.74) is 0.817. The maximum atomic E-state index is 5.83. The summed E-state index contributed by atoms with van der Waals surface area (Å²) in [7, 11) is 0. The smallest absolute Gasteiger partial charge is 0.210 e. The largest absolute Gasteiger partial charge is 0.438 e. The van der Waals surface area contributed by atoms with Crippen LogP contribution in [0.4, 0.5) is 11.6 Å². The second kappa shape index (κ2) is 5.57. The van der Waals surface area contributed by atoms with E-state index in [2.05, 4.69) is 30.8 Å². The third kappa shape index (κ3) is 2.87. The number of furan rings is 1. The van der Waals surface area contributed by atoms with Gasteiger partial charge in [0.05, 0.1) is 22.6 Å². The second-order valence-corrected chi connectivity index (χ2v) is 5.32. The predicted octanol–water partition coefficient (Wildman–Crippen LogP) is 3.79. The first-order valence-corrected chi connectivity index (χ1v) is 7.10. The molecule has 4 nitrogen and oxygen atoms in total. The molecule has 1 saturated heterocycles. The average molecular weight is 320 g/mol. The fourth-order valence-electron chi connectivity index (χ4n) is 2.14. The van der Waals surface area contributed by atoms with E-state index in [1.165, 1.54) is 12.8 Å². The van der Waals surface area contributed by atoms with Crippen LogP contribution in [0, 0.1) is 0 Å². The van der Waals surface area contributed by atoms with E-state index in [9.17, 15) is 0 Å². The molecule has 3 heterocycles. The Balaban J connectivity index is 1.79. The number of rotatable bonds is 3. The van der Waals surface area contributed by atoms with Gasteiger partial charge in [-0.1, -0.05) is 0 Å². The van der Waals surface area contributed by atoms with Crippen molar-refractivity contribution in [2.45, 2.75) is 12.8 Å². The van der Waals surface area contributed by atoms with Crippen molar-refractivity contribution < 1.29 is 4.42 Å². The van der Waals surface area contributed by atoms with Crippen molar-refractivity contribution in [1.82, 2.24) is 4.98 Å². The van der Waals surface area contributed by atoms with Crippen LogP contribution in [0.3, 0.4) is 0 Å². The van der Waals surface area contributed by atoms with E-state index < -0.39 is 0 Å². The number of halogens is 1. The first-order chi connectivity index (χ1) is 9.33. The molecule has 98 valence electrons. The highest BCUT2D eigenvalue weighted by Crippen LogP contribution is 2.32. The fraction of sp³-hybridized carbons (Fsp3) is 0.286. The molecular formula is C14H14BrN3O. The minimum absolute atomic E-state index is 0.748. The minimum Gasteiger partial charge on any atom is -0.438 e. The first-order valence-electron chi connectivity index (χ1n) is 6.31. The van der Waals surface area contributed by atoms with Gasteiger partial charge in [-0.25, -0.2) is 0 Å². The van der Waals surface area contributed by atoms with Gasteiger partial charge in [0, 0.05) is 25.4 Å². The summed E-state index contributed by atoms with van der Waals surface area (Å²) < 4.78 is 6.82. The lowest BCUT2D eigenvalue weighted by Crippen LogP contribution is -2.17. The van der Waals surface area contributed by atoms with Crippen LogP contribution in [0.5, 0.6) is 0 Å². The molecular weight excluding hydrogens is 306 g/mol. The lowest BCUT2D eigenvalue weighted by atomic mass is 10.4. The van der Waals surface area contributed by atoms with E-state index >= 15 is 0 Å². The van der Waals surface area contributed by atoms with Crippen LogP contribution in [0.15, 0.2) is 44.5 Å². The molecule has 0 saturated carbocycles. The van der Waals surface area contributed by atoms with Crippen LogP contribution in [0.2, 0.25) is 0 Å². The van der Waals surface area contributed by atoms with E-state index in [1.54, 1.807) is 18.6 Å². The molecule has 0 atom stereocenters. The van der Waals surface area contributed by atoms with Crippen molar-refractivity contribution in [3.05, 3.63) is 40.8 Å². The van der Waals surface area contributed by atoms with Crippen LogP contribution in [-0.4, -0.2) is 24.3 Å². The normalized spacial score (nSPS) is 15.5. The molecule has 1 fully saturated rings.